The number of aliphatic hydroxyl groups is 1. The van der Waals surface area contributed by atoms with E-state index in [0.29, 0.717) is 18.3 Å². The molecule has 1 aliphatic carbocycles. The van der Waals surface area contributed by atoms with Gasteiger partial charge in [0.25, 0.3) is 5.91 Å². The second-order valence-electron chi connectivity index (χ2n) is 8.93. The van der Waals surface area contributed by atoms with Crippen LogP contribution in [0.3, 0.4) is 0 Å². The molecular formula is C25H36N6O3. The van der Waals surface area contributed by atoms with Gasteiger partial charge in [0.05, 0.1) is 12.7 Å². The van der Waals surface area contributed by atoms with Gasteiger partial charge in [0.15, 0.2) is 0 Å². The Hall–Kier alpha value is -3.04. The van der Waals surface area contributed by atoms with E-state index >= 15 is 0 Å². The first-order valence-electron chi connectivity index (χ1n) is 11.7. The van der Waals surface area contributed by atoms with E-state index in [1.54, 1.807) is 14.2 Å². The van der Waals surface area contributed by atoms with Gasteiger partial charge in [-0.2, -0.15) is 0 Å². The number of nitrogens with zero attached hydrogens (tertiary/aromatic N) is 4. The van der Waals surface area contributed by atoms with Crippen molar-refractivity contribution in [2.24, 2.45) is 10.1 Å². The first kappa shape index (κ1) is 25.6. The number of rotatable bonds is 7. The largest absolute Gasteiger partial charge is 0.393 e. The Morgan fingerprint density at radius 3 is 2.62 bits per heavy atom. The van der Waals surface area contributed by atoms with Crippen LogP contribution in [0.2, 0.25) is 0 Å². The molecule has 2 heterocycles. The molecule has 0 unspecified atom stereocenters. The van der Waals surface area contributed by atoms with Crippen LogP contribution in [0.25, 0.3) is 11.1 Å². The summed E-state index contributed by atoms with van der Waals surface area (Å²) >= 11 is 0. The SMILES string of the molecule is C=N/C(=N\n1c(C)c(-c2cc(C)nc(C(=O)NC)c2)cc1[C@H]1CC[C@H](O)CC1)N[C@@H](C)COC. The Morgan fingerprint density at radius 1 is 1.29 bits per heavy atom. The topological polar surface area (TPSA) is 113 Å². The first-order valence-corrected chi connectivity index (χ1v) is 11.7. The van der Waals surface area contributed by atoms with Crippen LogP contribution in [0.5, 0.6) is 0 Å². The number of aliphatic imine (C=N–C) groups is 1. The summed E-state index contributed by atoms with van der Waals surface area (Å²) in [4.78, 5) is 20.7. The molecule has 0 saturated heterocycles. The number of pyridine rings is 1. The number of carbonyl (C=O) groups excluding carboxylic acids is 1. The third-order valence-corrected chi connectivity index (χ3v) is 6.22. The number of ether oxygens (including phenoxy) is 1. The maximum atomic E-state index is 12.3. The molecule has 34 heavy (non-hydrogen) atoms. The normalized spacial score (nSPS) is 19.5. The van der Waals surface area contributed by atoms with Crippen LogP contribution in [0.4, 0.5) is 0 Å². The molecule has 0 aromatic carbocycles. The van der Waals surface area contributed by atoms with Crippen molar-refractivity contribution in [3.05, 3.63) is 41.0 Å². The Labute approximate surface area is 201 Å². The number of aryl methyl sites for hydroxylation is 1. The molecule has 9 nitrogen and oxygen atoms in total. The number of hydrogen-bond acceptors (Lipinski definition) is 5. The Bertz CT molecular complexity index is 1050. The second kappa shape index (κ2) is 11.4. The average Bonchev–Trinajstić information content (AvgIpc) is 3.14. The summed E-state index contributed by atoms with van der Waals surface area (Å²) in [6.45, 7) is 10.1. The lowest BCUT2D eigenvalue weighted by molar-refractivity contribution is 0.0958. The molecule has 0 radical (unpaired) electrons. The summed E-state index contributed by atoms with van der Waals surface area (Å²) in [6.07, 6.45) is 3.03. The summed E-state index contributed by atoms with van der Waals surface area (Å²) < 4.78 is 7.14. The summed E-state index contributed by atoms with van der Waals surface area (Å²) in [7, 11) is 3.25. The van der Waals surface area contributed by atoms with Gasteiger partial charge in [0.1, 0.15) is 5.69 Å². The average molecular weight is 469 g/mol. The van der Waals surface area contributed by atoms with E-state index in [9.17, 15) is 9.90 Å². The monoisotopic (exact) mass is 468 g/mol. The molecule has 1 atom stereocenters. The predicted octanol–water partition coefficient (Wildman–Crippen LogP) is 2.99. The van der Waals surface area contributed by atoms with Gasteiger partial charge in [0.2, 0.25) is 5.96 Å². The van der Waals surface area contributed by atoms with Crippen LogP contribution in [0, 0.1) is 13.8 Å². The molecule has 3 N–H and O–H groups in total. The van der Waals surface area contributed by atoms with E-state index in [1.807, 2.05) is 37.6 Å². The lowest BCUT2D eigenvalue weighted by Gasteiger charge is -2.26. The third kappa shape index (κ3) is 5.90. The van der Waals surface area contributed by atoms with Crippen LogP contribution in [0.1, 0.15) is 66.1 Å². The smallest absolute Gasteiger partial charge is 0.269 e. The van der Waals surface area contributed by atoms with Crippen LogP contribution >= 0.6 is 0 Å². The number of carbonyl (C=O) groups is 1. The number of aliphatic hydroxyl groups excluding tert-OH is 1. The maximum Gasteiger partial charge on any atom is 0.269 e. The van der Waals surface area contributed by atoms with Gasteiger partial charge >= 0.3 is 0 Å². The van der Waals surface area contributed by atoms with Crippen LogP contribution in [-0.4, -0.2) is 66.3 Å². The van der Waals surface area contributed by atoms with Crippen LogP contribution in [-0.2, 0) is 4.74 Å². The van der Waals surface area contributed by atoms with E-state index in [0.717, 1.165) is 53.9 Å². The third-order valence-electron chi connectivity index (χ3n) is 6.22. The minimum absolute atomic E-state index is 0.0100. The first-order chi connectivity index (χ1) is 16.3. The number of guanidine groups is 1. The standard InChI is InChI=1S/C25H36N6O3/c1-15-11-19(12-22(28-15)24(33)26-4)21-13-23(18-7-9-20(32)10-8-18)31(17(21)3)30-25(27-5)29-16(2)14-34-6/h11-13,16,18,20,32H,5,7-10,14H2,1-4,6H3,(H,26,33)(H,29,30)/t16-,18-,20-/m0/s1. The van der Waals surface area contributed by atoms with Crippen molar-refractivity contribution in [3.8, 4) is 11.1 Å². The number of methoxy groups -OCH3 is 1. The van der Waals surface area contributed by atoms with E-state index in [2.05, 4.69) is 33.4 Å². The van der Waals surface area contributed by atoms with Gasteiger partial charge in [0, 0.05) is 48.8 Å². The highest BCUT2D eigenvalue weighted by atomic mass is 16.5. The molecule has 2 aromatic heterocycles. The number of aromatic nitrogens is 2. The molecule has 1 fully saturated rings. The van der Waals surface area contributed by atoms with Crippen molar-refractivity contribution in [3.63, 3.8) is 0 Å². The van der Waals surface area contributed by atoms with Crippen molar-refractivity contribution in [1.29, 1.82) is 0 Å². The lowest BCUT2D eigenvalue weighted by Crippen LogP contribution is -2.35. The highest BCUT2D eigenvalue weighted by Crippen LogP contribution is 2.38. The Morgan fingerprint density at radius 2 is 2.00 bits per heavy atom. The van der Waals surface area contributed by atoms with E-state index in [1.165, 1.54) is 0 Å². The molecule has 3 rings (SSSR count). The van der Waals surface area contributed by atoms with Crippen LogP contribution < -0.4 is 10.6 Å². The van der Waals surface area contributed by atoms with Crippen molar-refractivity contribution in [2.45, 2.75) is 64.5 Å². The minimum atomic E-state index is -0.247. The van der Waals surface area contributed by atoms with Gasteiger partial charge < -0.3 is 20.5 Å². The summed E-state index contributed by atoms with van der Waals surface area (Å²) in [5.41, 5.74) is 5.00. The Kier molecular flexibility index (Phi) is 8.57. The molecule has 1 saturated carbocycles. The summed E-state index contributed by atoms with van der Waals surface area (Å²) in [6, 6.07) is 5.93. The molecule has 1 amide bonds. The second-order valence-corrected chi connectivity index (χ2v) is 8.93. The zero-order valence-electron chi connectivity index (χ0n) is 20.8. The fourth-order valence-electron chi connectivity index (χ4n) is 4.49. The van der Waals surface area contributed by atoms with Gasteiger partial charge in [-0.25, -0.2) is 14.7 Å². The molecule has 9 heteroatoms. The summed E-state index contributed by atoms with van der Waals surface area (Å²) in [5, 5.41) is 20.7. The fourth-order valence-corrected chi connectivity index (χ4v) is 4.49. The quantitative estimate of drug-likeness (QED) is 0.427. The fraction of sp³-hybridized carbons (Fsp3) is 0.520. The van der Waals surface area contributed by atoms with Crippen molar-refractivity contribution >= 4 is 18.6 Å². The van der Waals surface area contributed by atoms with E-state index < -0.39 is 0 Å². The van der Waals surface area contributed by atoms with Crippen molar-refractivity contribution in [2.75, 3.05) is 20.8 Å². The highest BCUT2D eigenvalue weighted by Gasteiger charge is 2.26. The van der Waals surface area contributed by atoms with Gasteiger partial charge in [-0.05, 0) is 76.9 Å². The van der Waals surface area contributed by atoms with Gasteiger partial charge in [-0.3, -0.25) is 4.79 Å². The van der Waals surface area contributed by atoms with Gasteiger partial charge in [-0.1, -0.05) is 0 Å². The Balaban J connectivity index is 2.11. The number of hydrogen-bond donors (Lipinski definition) is 3. The molecule has 2 aromatic rings. The van der Waals surface area contributed by atoms with E-state index in [4.69, 9.17) is 9.84 Å². The highest BCUT2D eigenvalue weighted by molar-refractivity contribution is 5.93. The van der Waals surface area contributed by atoms with Crippen LogP contribution in [0.15, 0.2) is 28.3 Å². The van der Waals surface area contributed by atoms with Crippen molar-refractivity contribution < 1.29 is 14.6 Å². The lowest BCUT2D eigenvalue weighted by atomic mass is 9.85. The molecule has 0 spiro atoms. The number of amides is 1. The van der Waals surface area contributed by atoms with E-state index in [-0.39, 0.29) is 24.0 Å². The zero-order chi connectivity index (χ0) is 24.8. The van der Waals surface area contributed by atoms with Gasteiger partial charge in [-0.15, -0.1) is 5.10 Å². The molecule has 0 aliphatic heterocycles. The molecule has 184 valence electrons. The molecule has 0 bridgehead atoms. The summed E-state index contributed by atoms with van der Waals surface area (Å²) in [5.74, 6) is 0.434. The minimum Gasteiger partial charge on any atom is -0.393 e. The maximum absolute atomic E-state index is 12.3. The molecule has 1 aliphatic rings. The van der Waals surface area contributed by atoms with Crippen molar-refractivity contribution in [1.82, 2.24) is 20.3 Å². The molecular weight excluding hydrogens is 432 g/mol. The predicted molar refractivity (Wildman–Crippen MR) is 135 cm³/mol. The zero-order valence-corrected chi connectivity index (χ0v) is 20.8. The number of nitrogens with one attached hydrogen (secondary N) is 2.